The molecule has 2 rings (SSSR count). The normalized spacial score (nSPS) is 9.82. The Kier molecular flexibility index (Phi) is 4.93. The maximum atomic E-state index is 11.5. The molecule has 2 aromatic rings. The van der Waals surface area contributed by atoms with E-state index in [2.05, 4.69) is 11.9 Å². The molecule has 0 heterocycles. The summed E-state index contributed by atoms with van der Waals surface area (Å²) >= 11 is 0. The van der Waals surface area contributed by atoms with Crippen molar-refractivity contribution >= 4 is 17.7 Å². The number of hydrogen-bond donors (Lipinski definition) is 2. The summed E-state index contributed by atoms with van der Waals surface area (Å²) in [5, 5.41) is 11.8. The minimum absolute atomic E-state index is 0.102. The molecule has 0 unspecified atom stereocenters. The Hall–Kier alpha value is -3.08. The first-order chi connectivity index (χ1) is 10.6. The molecule has 0 aliphatic heterocycles. The molecule has 5 heteroatoms. The van der Waals surface area contributed by atoms with E-state index in [-0.39, 0.29) is 12.2 Å². The lowest BCUT2D eigenvalue weighted by Gasteiger charge is -2.10. The van der Waals surface area contributed by atoms with Gasteiger partial charge in [-0.15, -0.1) is 0 Å². The number of aromatic carboxylic acids is 1. The molecule has 1 amide bonds. The monoisotopic (exact) mass is 297 g/mol. The number of amides is 1. The summed E-state index contributed by atoms with van der Waals surface area (Å²) in [6, 6.07) is 13.7. The van der Waals surface area contributed by atoms with Crippen molar-refractivity contribution in [2.75, 3.05) is 11.9 Å². The largest absolute Gasteiger partial charge is 0.478 e. The summed E-state index contributed by atoms with van der Waals surface area (Å²) in [5.41, 5.74) is 1.90. The Bertz CT molecular complexity index is 695. The SMILES string of the molecule is C=CCOC(=O)Nc1ccc(C(=O)O)c(-c2ccccc2)c1. The highest BCUT2D eigenvalue weighted by Crippen LogP contribution is 2.27. The van der Waals surface area contributed by atoms with E-state index in [0.29, 0.717) is 11.3 Å². The highest BCUT2D eigenvalue weighted by molar-refractivity contribution is 5.98. The molecule has 22 heavy (non-hydrogen) atoms. The van der Waals surface area contributed by atoms with Crippen LogP contribution in [0.3, 0.4) is 0 Å². The van der Waals surface area contributed by atoms with Crippen molar-refractivity contribution in [2.24, 2.45) is 0 Å². The van der Waals surface area contributed by atoms with Gasteiger partial charge in [-0.3, -0.25) is 5.32 Å². The third kappa shape index (κ3) is 3.73. The van der Waals surface area contributed by atoms with Crippen LogP contribution in [-0.2, 0) is 4.74 Å². The number of hydrogen-bond acceptors (Lipinski definition) is 3. The molecule has 5 nitrogen and oxygen atoms in total. The highest BCUT2D eigenvalue weighted by Gasteiger charge is 2.13. The number of rotatable bonds is 5. The Balaban J connectivity index is 2.34. The van der Waals surface area contributed by atoms with Gasteiger partial charge in [-0.05, 0) is 29.3 Å². The van der Waals surface area contributed by atoms with Crippen molar-refractivity contribution in [2.45, 2.75) is 0 Å². The summed E-state index contributed by atoms with van der Waals surface area (Å²) in [6.45, 7) is 3.56. The third-order valence-corrected chi connectivity index (χ3v) is 2.91. The van der Waals surface area contributed by atoms with Gasteiger partial charge >= 0.3 is 12.1 Å². The molecule has 0 radical (unpaired) electrons. The third-order valence-electron chi connectivity index (χ3n) is 2.91. The Labute approximate surface area is 127 Å². The summed E-state index contributed by atoms with van der Waals surface area (Å²) in [4.78, 5) is 22.9. The van der Waals surface area contributed by atoms with Crippen molar-refractivity contribution in [3.63, 3.8) is 0 Å². The number of benzene rings is 2. The molecule has 0 saturated heterocycles. The zero-order valence-electron chi connectivity index (χ0n) is 11.8. The van der Waals surface area contributed by atoms with Crippen molar-refractivity contribution in [3.05, 3.63) is 66.7 Å². The minimum Gasteiger partial charge on any atom is -0.478 e. The van der Waals surface area contributed by atoms with Gasteiger partial charge in [0, 0.05) is 5.69 Å². The molecule has 0 aliphatic carbocycles. The predicted molar refractivity (Wildman–Crippen MR) is 84.0 cm³/mol. The standard InChI is InChI=1S/C17H15NO4/c1-2-10-22-17(21)18-13-8-9-14(16(19)20)15(11-13)12-6-4-3-5-7-12/h2-9,11H,1,10H2,(H,18,21)(H,19,20). The summed E-state index contributed by atoms with van der Waals surface area (Å²) in [7, 11) is 0. The lowest BCUT2D eigenvalue weighted by Crippen LogP contribution is -2.14. The van der Waals surface area contributed by atoms with E-state index in [9.17, 15) is 14.7 Å². The molecule has 0 atom stereocenters. The molecule has 0 fully saturated rings. The summed E-state index contributed by atoms with van der Waals surface area (Å²) in [6.07, 6.45) is 0.838. The lowest BCUT2D eigenvalue weighted by atomic mass is 9.99. The number of ether oxygens (including phenoxy) is 1. The first-order valence-electron chi connectivity index (χ1n) is 6.59. The van der Waals surface area contributed by atoms with E-state index in [4.69, 9.17) is 4.74 Å². The summed E-state index contributed by atoms with van der Waals surface area (Å²) < 4.78 is 4.83. The first kappa shape index (κ1) is 15.3. The first-order valence-corrected chi connectivity index (χ1v) is 6.59. The molecule has 112 valence electrons. The second-order valence-corrected chi connectivity index (χ2v) is 4.44. The molecule has 0 aromatic heterocycles. The number of anilines is 1. The molecule has 2 aromatic carbocycles. The topological polar surface area (TPSA) is 75.6 Å². The quantitative estimate of drug-likeness (QED) is 0.823. The zero-order chi connectivity index (χ0) is 15.9. The fraction of sp³-hybridized carbons (Fsp3) is 0.0588. The number of carbonyl (C=O) groups is 2. The maximum absolute atomic E-state index is 11.5. The minimum atomic E-state index is -1.03. The molecule has 2 N–H and O–H groups in total. The Morgan fingerprint density at radius 2 is 1.91 bits per heavy atom. The Morgan fingerprint density at radius 1 is 1.18 bits per heavy atom. The molecular formula is C17H15NO4. The van der Waals surface area contributed by atoms with Crippen LogP contribution < -0.4 is 5.32 Å². The van der Waals surface area contributed by atoms with Crippen molar-refractivity contribution < 1.29 is 19.4 Å². The van der Waals surface area contributed by atoms with Gasteiger partial charge in [0.1, 0.15) is 6.61 Å². The molecule has 0 bridgehead atoms. The fourth-order valence-corrected chi connectivity index (χ4v) is 1.95. The van der Waals surface area contributed by atoms with Crippen LogP contribution in [0.5, 0.6) is 0 Å². The molecular weight excluding hydrogens is 282 g/mol. The van der Waals surface area contributed by atoms with Crippen molar-refractivity contribution in [1.82, 2.24) is 0 Å². The number of nitrogens with one attached hydrogen (secondary N) is 1. The van der Waals surface area contributed by atoms with Crippen LogP contribution >= 0.6 is 0 Å². The van der Waals surface area contributed by atoms with E-state index in [1.807, 2.05) is 30.3 Å². The molecule has 0 saturated carbocycles. The second-order valence-electron chi connectivity index (χ2n) is 4.44. The maximum Gasteiger partial charge on any atom is 0.411 e. The highest BCUT2D eigenvalue weighted by atomic mass is 16.5. The van der Waals surface area contributed by atoms with Gasteiger partial charge < -0.3 is 9.84 Å². The van der Waals surface area contributed by atoms with Crippen LogP contribution in [0.25, 0.3) is 11.1 Å². The van der Waals surface area contributed by atoms with E-state index >= 15 is 0 Å². The van der Waals surface area contributed by atoms with Crippen LogP contribution in [0, 0.1) is 0 Å². The van der Waals surface area contributed by atoms with Gasteiger partial charge in [0.25, 0.3) is 0 Å². The van der Waals surface area contributed by atoms with E-state index in [1.165, 1.54) is 18.2 Å². The van der Waals surface area contributed by atoms with Crippen LogP contribution in [0.15, 0.2) is 61.2 Å². The van der Waals surface area contributed by atoms with Gasteiger partial charge in [0.15, 0.2) is 0 Å². The Morgan fingerprint density at radius 3 is 2.55 bits per heavy atom. The predicted octanol–water partition coefficient (Wildman–Crippen LogP) is 3.79. The molecule has 0 aliphatic rings. The van der Waals surface area contributed by atoms with Crippen molar-refractivity contribution in [3.8, 4) is 11.1 Å². The van der Waals surface area contributed by atoms with Crippen molar-refractivity contribution in [1.29, 1.82) is 0 Å². The average molecular weight is 297 g/mol. The fourth-order valence-electron chi connectivity index (χ4n) is 1.95. The number of carboxylic acids is 1. The average Bonchev–Trinajstić information content (AvgIpc) is 2.53. The molecule has 0 spiro atoms. The number of carbonyl (C=O) groups excluding carboxylic acids is 1. The van der Waals surface area contributed by atoms with Gasteiger partial charge in [-0.25, -0.2) is 9.59 Å². The van der Waals surface area contributed by atoms with Gasteiger partial charge in [-0.2, -0.15) is 0 Å². The summed E-state index contributed by atoms with van der Waals surface area (Å²) in [5.74, 6) is -1.03. The van der Waals surface area contributed by atoms with Crippen LogP contribution in [-0.4, -0.2) is 23.8 Å². The van der Waals surface area contributed by atoms with Gasteiger partial charge in [0.05, 0.1) is 5.56 Å². The zero-order valence-corrected chi connectivity index (χ0v) is 11.8. The van der Waals surface area contributed by atoms with E-state index in [1.54, 1.807) is 6.07 Å². The second kappa shape index (κ2) is 7.08. The van der Waals surface area contributed by atoms with Crippen LogP contribution in [0.2, 0.25) is 0 Å². The van der Waals surface area contributed by atoms with Gasteiger partial charge in [-0.1, -0.05) is 43.0 Å². The lowest BCUT2D eigenvalue weighted by molar-refractivity contribution is 0.0697. The smallest absolute Gasteiger partial charge is 0.411 e. The van der Waals surface area contributed by atoms with E-state index < -0.39 is 12.1 Å². The van der Waals surface area contributed by atoms with Gasteiger partial charge in [0.2, 0.25) is 0 Å². The number of carboxylic acid groups (broad SMARTS) is 1. The van der Waals surface area contributed by atoms with Crippen LogP contribution in [0.1, 0.15) is 10.4 Å². The van der Waals surface area contributed by atoms with E-state index in [0.717, 1.165) is 5.56 Å². The van der Waals surface area contributed by atoms with Crippen LogP contribution in [0.4, 0.5) is 10.5 Å².